The molecule has 0 spiro atoms. The van der Waals surface area contributed by atoms with Gasteiger partial charge in [-0.05, 0) is 42.0 Å². The van der Waals surface area contributed by atoms with E-state index >= 15 is 0 Å². The van der Waals surface area contributed by atoms with Gasteiger partial charge in [-0.15, -0.1) is 0 Å². The zero-order valence-electron chi connectivity index (χ0n) is 19.0. The lowest BCUT2D eigenvalue weighted by atomic mass is 10.2. The number of benzene rings is 1. The first kappa shape index (κ1) is 22.7. The van der Waals surface area contributed by atoms with Crippen LogP contribution in [0, 0.1) is 0 Å². The molecule has 0 amide bonds. The van der Waals surface area contributed by atoms with Gasteiger partial charge < -0.3 is 28.4 Å². The number of hydrogen-bond donors (Lipinski definition) is 1. The largest absolute Gasteiger partial charge is 0.457 e. The highest BCUT2D eigenvalue weighted by Gasteiger charge is 2.20. The molecule has 2 saturated heterocycles. The van der Waals surface area contributed by atoms with Gasteiger partial charge in [-0.3, -0.25) is 0 Å². The molecule has 3 aromatic rings. The number of nitrogens with one attached hydrogen (secondary N) is 1. The van der Waals surface area contributed by atoms with E-state index in [0.717, 1.165) is 5.56 Å². The molecule has 0 bridgehead atoms. The summed E-state index contributed by atoms with van der Waals surface area (Å²) in [5.41, 5.74) is 3.71. The molecule has 2 aliphatic rings. The number of morpholine rings is 2. The van der Waals surface area contributed by atoms with Gasteiger partial charge in [-0.2, -0.15) is 20.1 Å². The molecule has 35 heavy (non-hydrogen) atoms. The second kappa shape index (κ2) is 10.9. The Hall–Kier alpha value is -4.03. The number of anilines is 3. The summed E-state index contributed by atoms with van der Waals surface area (Å²) in [6.45, 7) is 5.38. The van der Waals surface area contributed by atoms with E-state index in [-0.39, 0.29) is 5.76 Å². The van der Waals surface area contributed by atoms with Crippen molar-refractivity contribution in [3.05, 3.63) is 54.0 Å². The van der Waals surface area contributed by atoms with Gasteiger partial charge in [0.15, 0.2) is 0 Å². The first-order valence-electron chi connectivity index (χ1n) is 11.3. The normalized spacial score (nSPS) is 16.5. The minimum atomic E-state index is -0.555. The standard InChI is InChI=1S/C23H25N7O5/c31-20(19-2-1-11-34-19)35-18-5-3-17(4-6-18)16-24-28-21-25-22(29-7-12-32-13-8-29)27-23(26-21)30-9-14-33-15-10-30/h1-6,11,16H,7-10,12-15H2,(H,25,26,27,28). The Morgan fingerprint density at radius 1 is 0.914 bits per heavy atom. The van der Waals surface area contributed by atoms with Crippen molar-refractivity contribution in [2.75, 3.05) is 67.8 Å². The maximum absolute atomic E-state index is 12.0. The van der Waals surface area contributed by atoms with Crippen LogP contribution in [0.2, 0.25) is 0 Å². The Morgan fingerprint density at radius 3 is 2.11 bits per heavy atom. The number of ether oxygens (including phenoxy) is 3. The van der Waals surface area contributed by atoms with Gasteiger partial charge in [0, 0.05) is 26.2 Å². The second-order valence-corrected chi connectivity index (χ2v) is 7.76. The van der Waals surface area contributed by atoms with Gasteiger partial charge in [0.2, 0.25) is 23.6 Å². The maximum atomic E-state index is 12.0. The first-order valence-corrected chi connectivity index (χ1v) is 11.3. The van der Waals surface area contributed by atoms with Gasteiger partial charge in [0.05, 0.1) is 38.9 Å². The van der Waals surface area contributed by atoms with Crippen LogP contribution in [0.15, 0.2) is 52.2 Å². The summed E-state index contributed by atoms with van der Waals surface area (Å²) >= 11 is 0. The monoisotopic (exact) mass is 479 g/mol. The molecule has 1 N–H and O–H groups in total. The minimum absolute atomic E-state index is 0.144. The van der Waals surface area contributed by atoms with E-state index in [4.69, 9.17) is 18.6 Å². The average Bonchev–Trinajstić information content (AvgIpc) is 3.46. The molecule has 12 heteroatoms. The van der Waals surface area contributed by atoms with Crippen molar-refractivity contribution < 1.29 is 23.4 Å². The van der Waals surface area contributed by atoms with E-state index in [1.807, 2.05) is 0 Å². The molecule has 2 aliphatic heterocycles. The molecule has 12 nitrogen and oxygen atoms in total. The van der Waals surface area contributed by atoms with E-state index in [0.29, 0.717) is 76.2 Å². The van der Waals surface area contributed by atoms with Gasteiger partial charge in [-0.1, -0.05) is 0 Å². The summed E-state index contributed by atoms with van der Waals surface area (Å²) in [6, 6.07) is 10.1. The molecule has 0 atom stereocenters. The highest BCUT2D eigenvalue weighted by Crippen LogP contribution is 2.19. The maximum Gasteiger partial charge on any atom is 0.379 e. The summed E-state index contributed by atoms with van der Waals surface area (Å²) in [5.74, 6) is 1.52. The summed E-state index contributed by atoms with van der Waals surface area (Å²) < 4.78 is 21.2. The fourth-order valence-electron chi connectivity index (χ4n) is 3.55. The van der Waals surface area contributed by atoms with E-state index in [2.05, 4.69) is 35.3 Å². The van der Waals surface area contributed by atoms with Gasteiger partial charge >= 0.3 is 5.97 Å². The van der Waals surface area contributed by atoms with Crippen molar-refractivity contribution in [2.24, 2.45) is 5.10 Å². The molecule has 0 unspecified atom stereocenters. The van der Waals surface area contributed by atoms with Gasteiger partial charge in [0.1, 0.15) is 5.75 Å². The zero-order chi connectivity index (χ0) is 23.9. The van der Waals surface area contributed by atoms with Crippen molar-refractivity contribution in [2.45, 2.75) is 0 Å². The van der Waals surface area contributed by atoms with E-state index in [9.17, 15) is 4.79 Å². The molecule has 182 valence electrons. The number of esters is 1. The van der Waals surface area contributed by atoms with E-state index in [1.54, 1.807) is 42.6 Å². The summed E-state index contributed by atoms with van der Waals surface area (Å²) in [4.78, 5) is 29.9. The molecule has 0 aliphatic carbocycles. The predicted octanol–water partition coefficient (Wildman–Crippen LogP) is 1.80. The minimum Gasteiger partial charge on any atom is -0.457 e. The van der Waals surface area contributed by atoms with Crippen LogP contribution in [0.3, 0.4) is 0 Å². The summed E-state index contributed by atoms with van der Waals surface area (Å²) in [5, 5.41) is 4.28. The SMILES string of the molecule is O=C(Oc1ccc(C=NNc2nc(N3CCOCC3)nc(N3CCOCC3)n2)cc1)c1ccco1. The number of hydrogen-bond acceptors (Lipinski definition) is 12. The van der Waals surface area contributed by atoms with Crippen LogP contribution in [0.5, 0.6) is 5.75 Å². The van der Waals surface area contributed by atoms with Crippen LogP contribution in [0.1, 0.15) is 16.1 Å². The van der Waals surface area contributed by atoms with Crippen LogP contribution in [0.4, 0.5) is 17.8 Å². The third-order valence-electron chi connectivity index (χ3n) is 5.39. The van der Waals surface area contributed by atoms with Crippen molar-refractivity contribution in [1.29, 1.82) is 0 Å². The number of rotatable bonds is 7. The van der Waals surface area contributed by atoms with Crippen molar-refractivity contribution >= 4 is 30.0 Å². The van der Waals surface area contributed by atoms with Gasteiger partial charge in [0.25, 0.3) is 0 Å². The molecule has 1 aromatic carbocycles. The molecular weight excluding hydrogens is 454 g/mol. The van der Waals surface area contributed by atoms with Crippen LogP contribution >= 0.6 is 0 Å². The second-order valence-electron chi connectivity index (χ2n) is 7.76. The van der Waals surface area contributed by atoms with Crippen molar-refractivity contribution in [3.63, 3.8) is 0 Å². The van der Waals surface area contributed by atoms with Crippen LogP contribution in [-0.4, -0.2) is 79.7 Å². The zero-order valence-corrected chi connectivity index (χ0v) is 19.0. The number of nitrogens with zero attached hydrogens (tertiary/aromatic N) is 6. The predicted molar refractivity (Wildman–Crippen MR) is 127 cm³/mol. The average molecular weight is 479 g/mol. The Labute approximate surface area is 201 Å². The van der Waals surface area contributed by atoms with Crippen molar-refractivity contribution in [3.8, 4) is 5.75 Å². The lowest BCUT2D eigenvalue weighted by Gasteiger charge is -2.30. The number of carbonyl (C=O) groups is 1. The van der Waals surface area contributed by atoms with Crippen molar-refractivity contribution in [1.82, 2.24) is 15.0 Å². The summed E-state index contributed by atoms with van der Waals surface area (Å²) in [7, 11) is 0. The molecular formula is C23H25N7O5. The molecule has 4 heterocycles. The number of carbonyl (C=O) groups excluding carboxylic acids is 1. The third-order valence-corrected chi connectivity index (χ3v) is 5.39. The fraction of sp³-hybridized carbons (Fsp3) is 0.348. The number of furan rings is 1. The Morgan fingerprint density at radius 2 is 1.54 bits per heavy atom. The molecule has 2 aromatic heterocycles. The van der Waals surface area contributed by atoms with Gasteiger partial charge in [-0.25, -0.2) is 10.2 Å². The number of aromatic nitrogens is 3. The first-order chi connectivity index (χ1) is 17.2. The lowest BCUT2D eigenvalue weighted by Crippen LogP contribution is -2.40. The molecule has 5 rings (SSSR count). The smallest absolute Gasteiger partial charge is 0.379 e. The van der Waals surface area contributed by atoms with E-state index < -0.39 is 5.97 Å². The highest BCUT2D eigenvalue weighted by atomic mass is 16.5. The quantitative estimate of drug-likeness (QED) is 0.231. The van der Waals surface area contributed by atoms with Crippen LogP contribution in [0.25, 0.3) is 0 Å². The van der Waals surface area contributed by atoms with Crippen LogP contribution < -0.4 is 20.0 Å². The summed E-state index contributed by atoms with van der Waals surface area (Å²) in [6.07, 6.45) is 3.05. The third kappa shape index (κ3) is 5.91. The lowest BCUT2D eigenvalue weighted by molar-refractivity contribution is 0.0701. The number of hydrazone groups is 1. The molecule has 0 radical (unpaired) electrons. The highest BCUT2D eigenvalue weighted by molar-refractivity contribution is 5.88. The topological polar surface area (TPSA) is 127 Å². The Balaban J connectivity index is 1.26. The Bertz CT molecular complexity index is 1110. The fourth-order valence-corrected chi connectivity index (χ4v) is 3.55. The van der Waals surface area contributed by atoms with Crippen LogP contribution in [-0.2, 0) is 9.47 Å². The molecule has 0 saturated carbocycles. The van der Waals surface area contributed by atoms with E-state index in [1.165, 1.54) is 6.26 Å². The molecule has 2 fully saturated rings. The Kier molecular flexibility index (Phi) is 7.10.